The van der Waals surface area contributed by atoms with Crippen LogP contribution >= 0.6 is 0 Å². The number of carbonyl (C=O) groups is 2. The third kappa shape index (κ3) is 7.47. The van der Waals surface area contributed by atoms with Crippen LogP contribution in [0.25, 0.3) is 11.1 Å². The Morgan fingerprint density at radius 3 is 1.31 bits per heavy atom. The van der Waals surface area contributed by atoms with Crippen molar-refractivity contribution in [1.29, 1.82) is 0 Å². The summed E-state index contributed by atoms with van der Waals surface area (Å²) in [5.41, 5.74) is 4.02. The smallest absolute Gasteiger partial charge is 0.343 e. The van der Waals surface area contributed by atoms with E-state index >= 15 is 0 Å². The van der Waals surface area contributed by atoms with Gasteiger partial charge in [-0.15, -0.1) is 0 Å². The van der Waals surface area contributed by atoms with Crippen LogP contribution in [0.1, 0.15) is 59.5 Å². The van der Waals surface area contributed by atoms with Gasteiger partial charge in [0.15, 0.2) is 13.6 Å². The molecule has 0 radical (unpaired) electrons. The van der Waals surface area contributed by atoms with Gasteiger partial charge in [-0.2, -0.15) is 0 Å². The molecule has 2 fully saturated rings. The van der Waals surface area contributed by atoms with Crippen LogP contribution in [0.3, 0.4) is 0 Å². The van der Waals surface area contributed by atoms with Crippen LogP contribution in [0, 0.1) is 0 Å². The largest absolute Gasteiger partial charge is 0.468 e. The summed E-state index contributed by atoms with van der Waals surface area (Å²) < 4.78 is 44.3. The van der Waals surface area contributed by atoms with Crippen molar-refractivity contribution >= 4 is 11.9 Å². The first-order valence-corrected chi connectivity index (χ1v) is 16.1. The summed E-state index contributed by atoms with van der Waals surface area (Å²) in [4.78, 5) is 26.0. The van der Waals surface area contributed by atoms with Gasteiger partial charge in [0.05, 0.1) is 37.6 Å². The van der Waals surface area contributed by atoms with E-state index in [1.165, 1.54) is 0 Å². The second kappa shape index (κ2) is 12.9. The molecule has 1 aliphatic carbocycles. The summed E-state index contributed by atoms with van der Waals surface area (Å²) in [7, 11) is 0. The van der Waals surface area contributed by atoms with E-state index in [1.54, 1.807) is 60.7 Å². The zero-order valence-corrected chi connectivity index (χ0v) is 27.9. The van der Waals surface area contributed by atoms with Gasteiger partial charge in [-0.3, -0.25) is 0 Å². The second-order valence-corrected chi connectivity index (χ2v) is 13.6. The molecule has 2 aliphatic heterocycles. The lowest BCUT2D eigenvalue weighted by Crippen LogP contribution is -2.17. The lowest BCUT2D eigenvalue weighted by Gasteiger charge is -2.22. The predicted octanol–water partition coefficient (Wildman–Crippen LogP) is 6.71. The second-order valence-electron chi connectivity index (χ2n) is 13.6. The molecule has 0 bridgehead atoms. The first-order valence-electron chi connectivity index (χ1n) is 16.1. The molecule has 2 heterocycles. The van der Waals surface area contributed by atoms with Gasteiger partial charge in [0.25, 0.3) is 0 Å². The first kappa shape index (κ1) is 32.8. The zero-order valence-electron chi connectivity index (χ0n) is 27.9. The van der Waals surface area contributed by atoms with Crippen LogP contribution in [0.2, 0.25) is 0 Å². The summed E-state index contributed by atoms with van der Waals surface area (Å²) in [5.74, 6) is 1.08. The molecular formula is C39H38O10. The number of hydrogen-bond donors (Lipinski definition) is 0. The number of epoxide rings is 2. The Morgan fingerprint density at radius 1 is 0.571 bits per heavy atom. The van der Waals surface area contributed by atoms with E-state index in [2.05, 4.69) is 13.8 Å². The lowest BCUT2D eigenvalue weighted by molar-refractivity contribution is -0.00713. The number of carbonyl (C=O) groups excluding carboxylic acids is 2. The van der Waals surface area contributed by atoms with Crippen molar-refractivity contribution < 1.29 is 47.5 Å². The van der Waals surface area contributed by atoms with Crippen molar-refractivity contribution in [3.05, 3.63) is 107 Å². The van der Waals surface area contributed by atoms with Crippen molar-refractivity contribution in [1.82, 2.24) is 0 Å². The molecule has 4 aromatic rings. The highest BCUT2D eigenvalue weighted by Crippen LogP contribution is 2.50. The Labute approximate surface area is 284 Å². The zero-order chi connectivity index (χ0) is 34.2. The molecular weight excluding hydrogens is 628 g/mol. The summed E-state index contributed by atoms with van der Waals surface area (Å²) in [5, 5.41) is 0. The Kier molecular flexibility index (Phi) is 8.66. The molecule has 7 rings (SSSR count). The average molecular weight is 667 g/mol. The van der Waals surface area contributed by atoms with Crippen molar-refractivity contribution in [3.8, 4) is 34.1 Å². The van der Waals surface area contributed by atoms with Crippen LogP contribution < -0.4 is 18.9 Å². The Bertz CT molecular complexity index is 1720. The third-order valence-electron chi connectivity index (χ3n) is 8.93. The van der Waals surface area contributed by atoms with Crippen molar-refractivity contribution in [2.75, 3.05) is 40.0 Å². The standard InChI is InChI=1S/C39H38O10/c1-37(2)33-17-29(48-35(40)25-5-9-27(10-6-25)44-23-42-19-38(3)21-46-38)13-15-31(33)32-16-14-30(18-34(32)37)49-36(41)26-7-11-28(12-8-26)45-24-43-20-39(4)22-47-39/h5-18H,19-24H2,1-4H3. The van der Waals surface area contributed by atoms with E-state index in [-0.39, 0.29) is 24.8 Å². The van der Waals surface area contributed by atoms with Crippen LogP contribution in [0.15, 0.2) is 84.9 Å². The summed E-state index contributed by atoms with van der Waals surface area (Å²) >= 11 is 0. The normalized spacial score (nSPS) is 20.9. The molecule has 4 aromatic carbocycles. The highest BCUT2D eigenvalue weighted by molar-refractivity contribution is 5.92. The Balaban J connectivity index is 0.948. The van der Waals surface area contributed by atoms with E-state index in [4.69, 9.17) is 37.9 Å². The quantitative estimate of drug-likeness (QED) is 0.0473. The Morgan fingerprint density at radius 2 is 0.939 bits per heavy atom. The fourth-order valence-corrected chi connectivity index (χ4v) is 5.68. The predicted molar refractivity (Wildman–Crippen MR) is 178 cm³/mol. The van der Waals surface area contributed by atoms with E-state index in [0.717, 1.165) is 22.3 Å². The van der Waals surface area contributed by atoms with E-state index in [1.807, 2.05) is 38.1 Å². The van der Waals surface area contributed by atoms with Crippen LogP contribution in [-0.4, -0.2) is 63.2 Å². The van der Waals surface area contributed by atoms with Crippen molar-refractivity contribution in [2.45, 2.75) is 44.3 Å². The molecule has 0 amide bonds. The van der Waals surface area contributed by atoms with E-state index in [9.17, 15) is 9.59 Å². The lowest BCUT2D eigenvalue weighted by atomic mass is 9.82. The minimum Gasteiger partial charge on any atom is -0.468 e. The number of hydrogen-bond acceptors (Lipinski definition) is 10. The highest BCUT2D eigenvalue weighted by atomic mass is 16.7. The minimum atomic E-state index is -0.477. The molecule has 0 N–H and O–H groups in total. The Hall–Kier alpha value is -4.74. The fraction of sp³-hybridized carbons (Fsp3) is 0.333. The van der Waals surface area contributed by atoms with Gasteiger partial charge < -0.3 is 37.9 Å². The summed E-state index contributed by atoms with van der Waals surface area (Å²) in [6.07, 6.45) is 0. The number of benzene rings is 4. The van der Waals surface area contributed by atoms with Crippen molar-refractivity contribution in [3.63, 3.8) is 0 Å². The number of ether oxygens (including phenoxy) is 8. The van der Waals surface area contributed by atoms with Gasteiger partial charge in [-0.25, -0.2) is 9.59 Å². The van der Waals surface area contributed by atoms with Gasteiger partial charge >= 0.3 is 11.9 Å². The van der Waals surface area contributed by atoms with Crippen LogP contribution in [0.4, 0.5) is 0 Å². The summed E-state index contributed by atoms with van der Waals surface area (Å²) in [6.45, 7) is 10.7. The van der Waals surface area contributed by atoms with Crippen LogP contribution in [0.5, 0.6) is 23.0 Å². The molecule has 49 heavy (non-hydrogen) atoms. The first-order chi connectivity index (χ1) is 23.5. The van der Waals surface area contributed by atoms with Gasteiger partial charge in [0, 0.05) is 5.41 Å². The van der Waals surface area contributed by atoms with Crippen LogP contribution in [-0.2, 0) is 24.4 Å². The average Bonchev–Trinajstić information content (AvgIpc) is 4.02. The molecule has 2 atom stereocenters. The molecule has 10 heteroatoms. The van der Waals surface area contributed by atoms with Gasteiger partial charge in [0.1, 0.15) is 34.2 Å². The van der Waals surface area contributed by atoms with E-state index in [0.29, 0.717) is 60.6 Å². The third-order valence-corrected chi connectivity index (χ3v) is 8.93. The summed E-state index contributed by atoms with van der Waals surface area (Å²) in [6, 6.07) is 24.7. The number of fused-ring (bicyclic) bond motifs is 3. The molecule has 254 valence electrons. The molecule has 2 unspecified atom stereocenters. The van der Waals surface area contributed by atoms with Crippen molar-refractivity contribution in [2.24, 2.45) is 0 Å². The van der Waals surface area contributed by atoms with E-state index < -0.39 is 17.4 Å². The number of esters is 2. The molecule has 3 aliphatic rings. The van der Waals surface area contributed by atoms with Gasteiger partial charge in [0.2, 0.25) is 0 Å². The maximum Gasteiger partial charge on any atom is 0.343 e. The maximum atomic E-state index is 13.0. The molecule has 0 aromatic heterocycles. The fourth-order valence-electron chi connectivity index (χ4n) is 5.68. The molecule has 0 spiro atoms. The SMILES string of the molecule is CC1(COCOc2ccc(C(=O)Oc3ccc4c(c3)C(C)(C)c3cc(OC(=O)c5ccc(OCOCC6(C)CO6)cc5)ccc3-4)cc2)CO1. The maximum absolute atomic E-state index is 13.0. The number of rotatable bonds is 14. The monoisotopic (exact) mass is 666 g/mol. The van der Waals surface area contributed by atoms with Gasteiger partial charge in [-0.05, 0) is 109 Å². The van der Waals surface area contributed by atoms with Gasteiger partial charge in [-0.1, -0.05) is 26.0 Å². The highest BCUT2D eigenvalue weighted by Gasteiger charge is 2.40. The molecule has 0 saturated carbocycles. The molecule has 2 saturated heterocycles. The topological polar surface area (TPSA) is 115 Å². The minimum absolute atomic E-state index is 0.0943. The molecule has 10 nitrogen and oxygen atoms in total.